The van der Waals surface area contributed by atoms with Crippen LogP contribution < -0.4 is 29.6 Å². The second-order valence-corrected chi connectivity index (χ2v) is 27.2. The molecule has 99 heavy (non-hydrogen) atoms. The fourth-order valence-electron chi connectivity index (χ4n) is 11.7. The Hall–Kier alpha value is -6.17. The zero-order valence-corrected chi connectivity index (χ0v) is 63.5. The van der Waals surface area contributed by atoms with Crippen molar-refractivity contribution in [1.82, 2.24) is 0 Å². The molecular weight excluding hydrogens is 1380 g/mol. The van der Waals surface area contributed by atoms with Crippen molar-refractivity contribution in [3.63, 3.8) is 0 Å². The van der Waals surface area contributed by atoms with Crippen LogP contribution in [0.4, 0.5) is 0 Å². The number of halogens is 1. The largest absolute Gasteiger partial charge is 1.00 e. The number of benzene rings is 3. The van der Waals surface area contributed by atoms with Gasteiger partial charge in [-0.3, -0.25) is 59.2 Å². The van der Waals surface area contributed by atoms with Gasteiger partial charge >= 0.3 is 53.6 Å². The van der Waals surface area contributed by atoms with Crippen molar-refractivity contribution in [2.24, 2.45) is 34.7 Å². The summed E-state index contributed by atoms with van der Waals surface area (Å²) in [6, 6.07) is 19.9. The molecule has 0 bridgehead atoms. The van der Waals surface area contributed by atoms with Crippen molar-refractivity contribution in [2.75, 3.05) is 19.8 Å². The van der Waals surface area contributed by atoms with E-state index in [2.05, 4.69) is 10.0 Å². The van der Waals surface area contributed by atoms with Gasteiger partial charge in [-0.05, 0) is 139 Å². The number of amides is 1. The summed E-state index contributed by atoms with van der Waals surface area (Å²) in [7, 11) is 0. The molecule has 0 aliphatic heterocycles. The first-order valence-electron chi connectivity index (χ1n) is 32.5. The van der Waals surface area contributed by atoms with E-state index < -0.39 is 103 Å². The van der Waals surface area contributed by atoms with Crippen LogP contribution in [0.15, 0.2) is 92.6 Å². The van der Waals surface area contributed by atoms with Gasteiger partial charge < -0.3 is 39.5 Å². The number of ether oxygens (including phenoxy) is 6. The zero-order chi connectivity index (χ0) is 73.8. The standard InChI is InChI=1S/C22H30ClNO6S.C22H30N4O6S.C21H31NO5S.CO2.N3.Na/c1-5-14(6-2)30-19-18(21(23)25)17(24(27)28)12-16(22(26)29-7-3)20(19)31-15-10-8-13(4)9-11-15;1-5-14(6-2)32-19-18(21(27)24-25-23)17(26(29)30)12-16(22(28)31-7-3)20(19)33-15-10-8-13(4)9-11-15;1-5-16(6-2)27-19-13-15(22(24)25)12-18(21(23)26-7-3)20(19)28-17-10-8-14(4)9-11-17;2-1-3;1-3-2;/h8-11,14,16-20H,5-7,12H2,1-4H3;8-11,14,16-20H,5-7,12H2,1-4H3;8-11,15-16,18-20H,5-7,12-13H2,1-4H3;;;/q;;;;-1;+1/t2*16-,17+,18-,19+,20-;15-,18+,19-,20+;;;/m110.../s1. The molecule has 0 N–H and O–H groups in total. The minimum absolute atomic E-state index is 0. The Kier molecular flexibility index (Phi) is 44.6. The second kappa shape index (κ2) is 48.6. The first-order valence-corrected chi connectivity index (χ1v) is 35.6. The van der Waals surface area contributed by atoms with Crippen LogP contribution >= 0.6 is 46.9 Å². The van der Waals surface area contributed by atoms with E-state index in [4.69, 9.17) is 66.2 Å². The summed E-state index contributed by atoms with van der Waals surface area (Å²) in [5, 5.41) is 36.3. The molecule has 0 heterocycles. The predicted octanol–water partition coefficient (Wildman–Crippen LogP) is 11.3. The summed E-state index contributed by atoms with van der Waals surface area (Å²) in [6.07, 6.45) is 1.93. The predicted molar refractivity (Wildman–Crippen MR) is 368 cm³/mol. The Balaban J connectivity index is 0.000000711. The second-order valence-electron chi connectivity index (χ2n) is 23.1. The molecule has 14 atom stereocenters. The monoisotopic (exact) mass is 1470 g/mol. The molecule has 0 radical (unpaired) electrons. The van der Waals surface area contributed by atoms with Gasteiger partial charge in [-0.25, -0.2) is 0 Å². The first-order chi connectivity index (χ1) is 46.7. The van der Waals surface area contributed by atoms with Crippen molar-refractivity contribution in [1.29, 1.82) is 0 Å². The van der Waals surface area contributed by atoms with E-state index in [1.807, 2.05) is 135 Å². The van der Waals surface area contributed by atoms with E-state index in [1.165, 1.54) is 28.4 Å². The maximum absolute atomic E-state index is 12.9. The van der Waals surface area contributed by atoms with Crippen molar-refractivity contribution >= 4 is 82.1 Å². The SMILES string of the molecule is CCOC(=O)[C@@H]1C[C@H]([N+](=O)[O-])C[C@H](OC(CC)CC)[C@@H]1Sc1ccc(C)cc1.CCOC(=O)[C@@H]1C[C@H]([N+](=O)[O-])[C@@H](C(=O)Cl)[C@H](OC(CC)CC)[C@@H]1Sc1ccc(C)cc1.CCOC(=O)[C@@H]1C[C@H]([N+](=O)[O-])[C@@H](C(=O)N=[N+]=[N-])[C@H](OC(CC)CC)[C@@H]1Sc1ccc(C)cc1.O=C=O.[N-]=[N+]=[N-].[Na+]. The third-order valence-electron chi connectivity index (χ3n) is 16.7. The minimum atomic E-state index is -1.44. The van der Waals surface area contributed by atoms with Crippen LogP contribution in [0.1, 0.15) is 143 Å². The number of esters is 3. The zero-order valence-electron chi connectivity index (χ0n) is 58.3. The molecule has 0 aromatic heterocycles. The maximum Gasteiger partial charge on any atom is 1.00 e. The van der Waals surface area contributed by atoms with Gasteiger partial charge in [0.1, 0.15) is 11.8 Å². The van der Waals surface area contributed by atoms with E-state index in [-0.39, 0.29) is 115 Å². The number of hydrogen-bond donors (Lipinski definition) is 0. The summed E-state index contributed by atoms with van der Waals surface area (Å²) in [5.41, 5.74) is 25.6. The summed E-state index contributed by atoms with van der Waals surface area (Å²) in [5.74, 6) is -7.09. The smallest absolute Gasteiger partial charge is 0.466 e. The van der Waals surface area contributed by atoms with Gasteiger partial charge in [0.25, 0.3) is 0 Å². The number of hydrogen-bond acceptors (Lipinski definition) is 22. The van der Waals surface area contributed by atoms with Gasteiger partial charge in [-0.15, -0.1) is 35.3 Å². The van der Waals surface area contributed by atoms with E-state index in [9.17, 15) is 54.3 Å². The van der Waals surface area contributed by atoms with Gasteiger partial charge in [0.2, 0.25) is 29.3 Å². The molecule has 3 aromatic rings. The van der Waals surface area contributed by atoms with Crippen molar-refractivity contribution in [3.05, 3.63) is 146 Å². The Morgan fingerprint density at radius 3 is 1.12 bits per heavy atom. The van der Waals surface area contributed by atoms with Crippen molar-refractivity contribution < 1.29 is 106 Å². The van der Waals surface area contributed by atoms with Gasteiger partial charge in [0.15, 0.2) is 0 Å². The van der Waals surface area contributed by atoms with Crippen LogP contribution in [0.25, 0.3) is 26.4 Å². The number of nitrogens with zero attached hydrogens (tertiary/aromatic N) is 9. The molecule has 3 fully saturated rings. The Morgan fingerprint density at radius 2 is 0.828 bits per heavy atom. The molecule has 3 aliphatic rings. The molecule has 3 aliphatic carbocycles. The summed E-state index contributed by atoms with van der Waals surface area (Å²) < 4.78 is 34.6. The molecule has 6 rings (SSSR count). The fourth-order valence-corrected chi connectivity index (χ4v) is 16.0. The Labute approximate surface area is 617 Å². The molecule has 0 unspecified atom stereocenters. The van der Waals surface area contributed by atoms with Crippen LogP contribution in [0, 0.1) is 80.7 Å². The normalized spacial score (nSPS) is 23.6. The third kappa shape index (κ3) is 29.0. The number of carbonyl (C=O) groups excluding carboxylic acids is 7. The number of nitro groups is 3. The fraction of sp³-hybridized carbons (Fsp3) is 0.636. The molecule has 0 saturated heterocycles. The summed E-state index contributed by atoms with van der Waals surface area (Å²) in [6.45, 7) is 23.4. The molecule has 0 spiro atoms. The minimum Gasteiger partial charge on any atom is -0.466 e. The molecule has 3 aromatic carbocycles. The van der Waals surface area contributed by atoms with Crippen LogP contribution in [0.3, 0.4) is 0 Å². The Morgan fingerprint density at radius 1 is 0.525 bits per heavy atom. The molecule has 33 heteroatoms. The molecular formula is C66H91ClN9NaO19S3. The summed E-state index contributed by atoms with van der Waals surface area (Å²) in [4.78, 5) is 121. The van der Waals surface area contributed by atoms with Gasteiger partial charge in [0, 0.05) is 65.3 Å². The van der Waals surface area contributed by atoms with E-state index >= 15 is 0 Å². The number of rotatable bonds is 29. The average molecular weight is 1470 g/mol. The number of thioether (sulfide) groups is 3. The molecule has 1 amide bonds. The van der Waals surface area contributed by atoms with Crippen molar-refractivity contribution in [3.8, 4) is 0 Å². The van der Waals surface area contributed by atoms with Gasteiger partial charge in [0.05, 0.1) is 84.7 Å². The number of carbonyl (C=O) groups is 5. The van der Waals surface area contributed by atoms with Crippen LogP contribution in [-0.4, -0.2) is 140 Å². The first kappa shape index (κ1) is 90.8. The molecule has 540 valence electrons. The molecule has 3 saturated carbocycles. The maximum atomic E-state index is 12.9. The third-order valence-corrected chi connectivity index (χ3v) is 21.3. The van der Waals surface area contributed by atoms with Gasteiger partial charge in [-0.1, -0.05) is 94.6 Å². The van der Waals surface area contributed by atoms with E-state index in [0.29, 0.717) is 32.1 Å². The molecule has 28 nitrogen and oxygen atoms in total. The Bertz CT molecular complexity index is 3130. The van der Waals surface area contributed by atoms with Crippen LogP contribution in [0.5, 0.6) is 0 Å². The van der Waals surface area contributed by atoms with E-state index in [1.54, 1.807) is 32.5 Å². The summed E-state index contributed by atoms with van der Waals surface area (Å²) >= 11 is 10.2. The van der Waals surface area contributed by atoms with E-state index in [0.717, 1.165) is 44.2 Å². The number of aryl methyl sites for hydroxylation is 3. The average Bonchev–Trinajstić information content (AvgIpc) is 0.776. The number of azide groups is 1. The van der Waals surface area contributed by atoms with Crippen LogP contribution in [0.2, 0.25) is 0 Å². The van der Waals surface area contributed by atoms with Crippen LogP contribution in [-0.2, 0) is 62.0 Å². The van der Waals surface area contributed by atoms with Gasteiger partial charge in [-0.2, -0.15) is 9.59 Å². The van der Waals surface area contributed by atoms with Crippen molar-refractivity contribution in [2.45, 2.75) is 232 Å². The quantitative estimate of drug-likeness (QED) is 0.00717. The topological polar surface area (TPSA) is 412 Å².